The lowest BCUT2D eigenvalue weighted by atomic mass is 10.1. The van der Waals surface area contributed by atoms with Crippen LogP contribution in [0.15, 0.2) is 85.6 Å². The highest BCUT2D eigenvalue weighted by molar-refractivity contribution is 7.86. The Morgan fingerprint density at radius 2 is 1.47 bits per heavy atom. The third-order valence-electron chi connectivity index (χ3n) is 6.12. The van der Waals surface area contributed by atoms with Crippen LogP contribution in [0, 0.1) is 0 Å². The van der Waals surface area contributed by atoms with Gasteiger partial charge in [-0.1, -0.05) is 18.2 Å². The second kappa shape index (κ2) is 10.2. The molecular formula is C24H16N4O12S3. The second-order valence-corrected chi connectivity index (χ2v) is 13.0. The summed E-state index contributed by atoms with van der Waals surface area (Å²) in [5.74, 6) is -2.48. The molecular weight excluding hydrogens is 632 g/mol. The number of aromatic hydroxyl groups is 1. The van der Waals surface area contributed by atoms with Crippen molar-refractivity contribution >= 4 is 69.5 Å². The standard InChI is InChI=1S/C24H16N4O12S3/c29-22-19-11(9-18(43(38,39)40)21(22)28-27-15-4-2-1-3-13(15)24(30)31)5-8-16-20(19)26-23(25-16)14-7-6-12(41(32,33)34)10-17(14)42(35,36)37/h1-10,29H,(H,25,26)(H,30,31)(H,32,33,34)(H,35,36,37)(H,38,39,40). The van der Waals surface area contributed by atoms with Gasteiger partial charge in [-0.2, -0.15) is 25.3 Å². The number of nitrogens with zero attached hydrogens (tertiary/aromatic N) is 3. The topological polar surface area (TPSA) is 274 Å². The Morgan fingerprint density at radius 1 is 0.791 bits per heavy atom. The van der Waals surface area contributed by atoms with Crippen molar-refractivity contribution in [3.8, 4) is 17.1 Å². The van der Waals surface area contributed by atoms with E-state index in [1.165, 1.54) is 36.4 Å². The van der Waals surface area contributed by atoms with E-state index in [0.29, 0.717) is 6.07 Å². The quantitative estimate of drug-likeness (QED) is 0.108. The lowest BCUT2D eigenvalue weighted by molar-refractivity contribution is 0.0697. The minimum Gasteiger partial charge on any atom is -0.505 e. The summed E-state index contributed by atoms with van der Waals surface area (Å²) in [6.07, 6.45) is 0. The number of carboxylic acid groups (broad SMARTS) is 1. The molecule has 0 amide bonds. The minimum atomic E-state index is -5.07. The summed E-state index contributed by atoms with van der Waals surface area (Å²) in [5.41, 5.74) is -1.57. The molecule has 0 unspecified atom stereocenters. The van der Waals surface area contributed by atoms with Gasteiger partial charge in [0.25, 0.3) is 30.4 Å². The number of carbonyl (C=O) groups is 1. The van der Waals surface area contributed by atoms with Crippen LogP contribution in [0.3, 0.4) is 0 Å². The summed E-state index contributed by atoms with van der Waals surface area (Å²) in [5, 5.41) is 27.9. The lowest BCUT2D eigenvalue weighted by Gasteiger charge is -2.09. The summed E-state index contributed by atoms with van der Waals surface area (Å²) in [6.45, 7) is 0. The number of carboxylic acids is 1. The summed E-state index contributed by atoms with van der Waals surface area (Å²) >= 11 is 0. The molecule has 0 atom stereocenters. The third-order valence-corrected chi connectivity index (χ3v) is 8.73. The Kier molecular flexibility index (Phi) is 7.03. The van der Waals surface area contributed by atoms with Gasteiger partial charge in [0.2, 0.25) is 0 Å². The summed E-state index contributed by atoms with van der Waals surface area (Å²) in [6, 6.07) is 11.3. The van der Waals surface area contributed by atoms with Gasteiger partial charge in [-0.05, 0) is 47.9 Å². The maximum Gasteiger partial charge on any atom is 0.337 e. The Morgan fingerprint density at radius 3 is 2.09 bits per heavy atom. The van der Waals surface area contributed by atoms with Crippen molar-refractivity contribution in [1.29, 1.82) is 0 Å². The van der Waals surface area contributed by atoms with E-state index in [1.54, 1.807) is 0 Å². The molecule has 0 aliphatic heterocycles. The zero-order valence-electron chi connectivity index (χ0n) is 20.9. The third kappa shape index (κ3) is 5.55. The van der Waals surface area contributed by atoms with Gasteiger partial charge in [0.1, 0.15) is 32.5 Å². The highest BCUT2D eigenvalue weighted by Gasteiger charge is 2.26. The number of azo groups is 1. The van der Waals surface area contributed by atoms with Gasteiger partial charge < -0.3 is 15.2 Å². The molecule has 0 aliphatic rings. The molecule has 16 nitrogen and oxygen atoms in total. The number of aromatic nitrogens is 2. The van der Waals surface area contributed by atoms with E-state index < -0.39 is 62.4 Å². The van der Waals surface area contributed by atoms with Crippen molar-refractivity contribution in [2.45, 2.75) is 14.7 Å². The van der Waals surface area contributed by atoms with Crippen LogP contribution in [-0.2, 0) is 30.4 Å². The second-order valence-electron chi connectivity index (χ2n) is 8.82. The molecule has 0 fully saturated rings. The number of hydrogen-bond acceptors (Lipinski definition) is 11. The van der Waals surface area contributed by atoms with Crippen LogP contribution in [0.1, 0.15) is 10.4 Å². The molecule has 0 bridgehead atoms. The van der Waals surface area contributed by atoms with Crippen molar-refractivity contribution in [2.75, 3.05) is 0 Å². The van der Waals surface area contributed by atoms with Gasteiger partial charge in [0.15, 0.2) is 5.75 Å². The maximum atomic E-state index is 12.2. The summed E-state index contributed by atoms with van der Waals surface area (Å²) in [7, 11) is -15.0. The first-order valence-corrected chi connectivity index (χ1v) is 15.8. The molecule has 6 N–H and O–H groups in total. The van der Waals surface area contributed by atoms with E-state index in [2.05, 4.69) is 20.2 Å². The average molecular weight is 649 g/mol. The molecule has 0 saturated carbocycles. The van der Waals surface area contributed by atoms with E-state index >= 15 is 0 Å². The molecule has 1 heterocycles. The molecule has 4 aromatic carbocycles. The number of nitrogens with one attached hydrogen (secondary N) is 1. The first-order valence-electron chi connectivity index (χ1n) is 11.5. The Bertz CT molecular complexity index is 2370. The van der Waals surface area contributed by atoms with E-state index in [4.69, 9.17) is 0 Å². The molecule has 5 rings (SSSR count). The van der Waals surface area contributed by atoms with Crippen molar-refractivity contribution in [3.05, 3.63) is 66.2 Å². The molecule has 0 radical (unpaired) electrons. The SMILES string of the molecule is O=C(O)c1ccccc1N=Nc1c(S(=O)(=O)O)cc2ccc3[nH]c(-c4ccc(S(=O)(=O)O)cc4S(=O)(=O)O)nc3c2c1O. The fraction of sp³-hybridized carbons (Fsp3) is 0. The molecule has 43 heavy (non-hydrogen) atoms. The number of imidazole rings is 1. The predicted octanol–water partition coefficient (Wildman–Crippen LogP) is 3.94. The first kappa shape index (κ1) is 29.7. The largest absolute Gasteiger partial charge is 0.505 e. The monoisotopic (exact) mass is 648 g/mol. The van der Waals surface area contributed by atoms with Crippen LogP contribution < -0.4 is 0 Å². The highest BCUT2D eigenvalue weighted by atomic mass is 32.2. The average Bonchev–Trinajstić information content (AvgIpc) is 3.35. The van der Waals surface area contributed by atoms with Crippen LogP contribution in [0.25, 0.3) is 33.2 Å². The number of rotatable bonds is 7. The van der Waals surface area contributed by atoms with Gasteiger partial charge in [-0.3, -0.25) is 13.7 Å². The van der Waals surface area contributed by atoms with Crippen LogP contribution in [0.4, 0.5) is 11.4 Å². The van der Waals surface area contributed by atoms with Gasteiger partial charge in [-0.15, -0.1) is 10.2 Å². The van der Waals surface area contributed by atoms with Crippen molar-refractivity contribution in [1.82, 2.24) is 9.97 Å². The minimum absolute atomic E-state index is 0.0114. The molecule has 19 heteroatoms. The Hall–Kier alpha value is -4.79. The van der Waals surface area contributed by atoms with Gasteiger partial charge in [-0.25, -0.2) is 9.78 Å². The predicted molar refractivity (Wildman–Crippen MR) is 148 cm³/mol. The Balaban J connectivity index is 1.79. The number of H-pyrrole nitrogens is 1. The van der Waals surface area contributed by atoms with Crippen molar-refractivity contribution in [2.24, 2.45) is 10.2 Å². The van der Waals surface area contributed by atoms with Crippen molar-refractivity contribution in [3.63, 3.8) is 0 Å². The first-order chi connectivity index (χ1) is 20.0. The molecule has 0 aliphatic carbocycles. The molecule has 0 saturated heterocycles. The number of aromatic carboxylic acids is 1. The Labute approximate surface area is 241 Å². The number of hydrogen-bond donors (Lipinski definition) is 6. The van der Waals surface area contributed by atoms with Crippen LogP contribution >= 0.6 is 0 Å². The smallest absolute Gasteiger partial charge is 0.337 e. The van der Waals surface area contributed by atoms with Gasteiger partial charge in [0.05, 0.1) is 21.4 Å². The number of fused-ring (bicyclic) bond motifs is 3. The molecule has 222 valence electrons. The zero-order valence-corrected chi connectivity index (χ0v) is 23.4. The van der Waals surface area contributed by atoms with E-state index in [-0.39, 0.29) is 44.4 Å². The summed E-state index contributed by atoms with van der Waals surface area (Å²) in [4.78, 5) is 15.9. The van der Waals surface area contributed by atoms with E-state index in [0.717, 1.165) is 18.2 Å². The maximum absolute atomic E-state index is 12.2. The number of aromatic amines is 1. The molecule has 1 aromatic heterocycles. The lowest BCUT2D eigenvalue weighted by Crippen LogP contribution is -2.05. The van der Waals surface area contributed by atoms with Gasteiger partial charge >= 0.3 is 5.97 Å². The van der Waals surface area contributed by atoms with Crippen molar-refractivity contribution < 1.29 is 53.9 Å². The fourth-order valence-electron chi connectivity index (χ4n) is 4.24. The fourth-order valence-corrected chi connectivity index (χ4v) is 6.20. The highest BCUT2D eigenvalue weighted by Crippen LogP contribution is 2.44. The molecule has 0 spiro atoms. The van der Waals surface area contributed by atoms with Gasteiger partial charge in [0, 0.05) is 5.56 Å². The van der Waals surface area contributed by atoms with Crippen LogP contribution in [0.2, 0.25) is 0 Å². The number of phenols is 1. The molecule has 5 aromatic rings. The van der Waals surface area contributed by atoms with E-state index in [1.807, 2.05) is 0 Å². The van der Waals surface area contributed by atoms with Crippen LogP contribution in [-0.4, -0.2) is 65.1 Å². The van der Waals surface area contributed by atoms with E-state index in [9.17, 15) is 53.9 Å². The number of phenolic OH excluding ortho intramolecular Hbond substituents is 1. The number of benzene rings is 4. The zero-order chi connectivity index (χ0) is 31.5. The summed E-state index contributed by atoms with van der Waals surface area (Å²) < 4.78 is 101. The van der Waals surface area contributed by atoms with Crippen LogP contribution in [0.5, 0.6) is 5.75 Å². The normalized spacial score (nSPS) is 12.8.